The van der Waals surface area contributed by atoms with Gasteiger partial charge in [0, 0.05) is 7.11 Å². The number of carbonyl (C=O) groups is 1. The molecule has 2 aromatic rings. The number of nitrogens with one attached hydrogen (secondary N) is 1. The van der Waals surface area contributed by atoms with Gasteiger partial charge in [0.2, 0.25) is 0 Å². The number of carbonyl (C=O) groups excluding carboxylic acids is 1. The SMILES string of the molecule is COC1(C)CCC2(CC1)NC(=O)C(c1c(C)ccc(-c3ccc(C)cc3)c1C)=C2O. The summed E-state index contributed by atoms with van der Waals surface area (Å²) in [6.07, 6.45) is 2.94. The van der Waals surface area contributed by atoms with Crippen molar-refractivity contribution in [3.05, 3.63) is 64.4 Å². The molecule has 1 spiro atoms. The van der Waals surface area contributed by atoms with Gasteiger partial charge < -0.3 is 15.2 Å². The van der Waals surface area contributed by atoms with Crippen LogP contribution < -0.4 is 5.32 Å². The Morgan fingerprint density at radius 3 is 2.20 bits per heavy atom. The number of hydrogen-bond acceptors (Lipinski definition) is 3. The van der Waals surface area contributed by atoms with Gasteiger partial charge in [-0.05, 0) is 81.2 Å². The number of benzene rings is 2. The molecule has 2 aromatic carbocycles. The monoisotopic (exact) mass is 405 g/mol. The molecule has 1 amide bonds. The zero-order valence-electron chi connectivity index (χ0n) is 18.6. The second-order valence-corrected chi connectivity index (χ2v) is 9.21. The minimum absolute atomic E-state index is 0.180. The first-order chi connectivity index (χ1) is 14.2. The molecule has 0 atom stereocenters. The van der Waals surface area contributed by atoms with Crippen LogP contribution in [-0.4, -0.2) is 29.3 Å². The third-order valence-corrected chi connectivity index (χ3v) is 7.21. The Labute approximate surface area is 179 Å². The molecule has 1 heterocycles. The Morgan fingerprint density at radius 2 is 1.60 bits per heavy atom. The standard InChI is InChI=1S/C26H31NO3/c1-16-6-9-19(10-7-16)20-11-8-17(2)21(18(20)3)22-23(28)26(27-24(22)29)14-12-25(4,30-5)13-15-26/h6-11,28H,12-15H2,1-5H3,(H,27,29). The molecule has 0 unspecified atom stereocenters. The van der Waals surface area contributed by atoms with E-state index in [1.807, 2.05) is 19.9 Å². The third kappa shape index (κ3) is 3.24. The highest BCUT2D eigenvalue weighted by Crippen LogP contribution is 2.46. The largest absolute Gasteiger partial charge is 0.509 e. The highest BCUT2D eigenvalue weighted by atomic mass is 16.5. The van der Waals surface area contributed by atoms with Crippen LogP contribution in [0, 0.1) is 20.8 Å². The molecule has 0 bridgehead atoms. The van der Waals surface area contributed by atoms with Crippen molar-refractivity contribution in [2.75, 3.05) is 7.11 Å². The van der Waals surface area contributed by atoms with Crippen molar-refractivity contribution in [3.63, 3.8) is 0 Å². The van der Waals surface area contributed by atoms with Crippen LogP contribution in [0.5, 0.6) is 0 Å². The van der Waals surface area contributed by atoms with Crippen LogP contribution in [0.2, 0.25) is 0 Å². The topological polar surface area (TPSA) is 58.6 Å². The van der Waals surface area contributed by atoms with Gasteiger partial charge in [-0.1, -0.05) is 42.0 Å². The first-order valence-corrected chi connectivity index (χ1v) is 10.7. The molecule has 158 valence electrons. The summed E-state index contributed by atoms with van der Waals surface area (Å²) in [6, 6.07) is 12.5. The van der Waals surface area contributed by atoms with E-state index in [0.29, 0.717) is 18.4 Å². The van der Waals surface area contributed by atoms with Gasteiger partial charge in [0.15, 0.2) is 0 Å². The van der Waals surface area contributed by atoms with Crippen LogP contribution >= 0.6 is 0 Å². The molecular weight excluding hydrogens is 374 g/mol. The van der Waals surface area contributed by atoms with E-state index in [-0.39, 0.29) is 17.3 Å². The Hall–Kier alpha value is -2.59. The zero-order valence-corrected chi connectivity index (χ0v) is 18.6. The molecule has 1 saturated carbocycles. The van der Waals surface area contributed by atoms with E-state index in [9.17, 15) is 9.90 Å². The normalized spacial score (nSPS) is 26.4. The molecule has 0 saturated heterocycles. The molecule has 0 radical (unpaired) electrons. The first-order valence-electron chi connectivity index (χ1n) is 10.7. The van der Waals surface area contributed by atoms with E-state index in [1.165, 1.54) is 5.56 Å². The van der Waals surface area contributed by atoms with Crippen molar-refractivity contribution in [3.8, 4) is 11.1 Å². The highest BCUT2D eigenvalue weighted by Gasteiger charge is 2.50. The van der Waals surface area contributed by atoms with Gasteiger partial charge in [0.25, 0.3) is 5.91 Å². The maximum Gasteiger partial charge on any atom is 0.256 e. The molecule has 4 rings (SSSR count). The maximum atomic E-state index is 13.1. The predicted molar refractivity (Wildman–Crippen MR) is 120 cm³/mol. The van der Waals surface area contributed by atoms with Crippen LogP contribution in [0.1, 0.15) is 54.9 Å². The van der Waals surface area contributed by atoms with Gasteiger partial charge in [-0.2, -0.15) is 0 Å². The van der Waals surface area contributed by atoms with Crippen LogP contribution in [0.3, 0.4) is 0 Å². The quantitative estimate of drug-likeness (QED) is 0.719. The van der Waals surface area contributed by atoms with Crippen molar-refractivity contribution >= 4 is 11.5 Å². The second kappa shape index (κ2) is 7.28. The smallest absolute Gasteiger partial charge is 0.256 e. The van der Waals surface area contributed by atoms with E-state index in [0.717, 1.165) is 40.7 Å². The fourth-order valence-electron chi connectivity index (χ4n) is 4.97. The number of hydrogen-bond donors (Lipinski definition) is 2. The lowest BCUT2D eigenvalue weighted by atomic mass is 9.73. The van der Waals surface area contributed by atoms with Crippen molar-refractivity contribution in [1.82, 2.24) is 5.32 Å². The van der Waals surface area contributed by atoms with Crippen molar-refractivity contribution < 1.29 is 14.6 Å². The number of aliphatic hydroxyl groups is 1. The van der Waals surface area contributed by atoms with E-state index < -0.39 is 5.54 Å². The number of amides is 1. The summed E-state index contributed by atoms with van der Waals surface area (Å²) >= 11 is 0. The fourth-order valence-corrected chi connectivity index (χ4v) is 4.97. The number of aliphatic hydroxyl groups excluding tert-OH is 1. The summed E-state index contributed by atoms with van der Waals surface area (Å²) in [5.74, 6) is 0.0127. The molecule has 1 fully saturated rings. The Morgan fingerprint density at radius 1 is 0.967 bits per heavy atom. The molecule has 1 aliphatic heterocycles. The van der Waals surface area contributed by atoms with E-state index in [2.05, 4.69) is 49.5 Å². The summed E-state index contributed by atoms with van der Waals surface area (Å²) < 4.78 is 5.66. The first kappa shape index (κ1) is 20.7. The van der Waals surface area contributed by atoms with Gasteiger partial charge in [-0.15, -0.1) is 0 Å². The van der Waals surface area contributed by atoms with Gasteiger partial charge >= 0.3 is 0 Å². The molecule has 4 heteroatoms. The Bertz CT molecular complexity index is 1020. The number of aryl methyl sites for hydroxylation is 2. The highest BCUT2D eigenvalue weighted by molar-refractivity contribution is 6.24. The minimum atomic E-state index is -0.677. The summed E-state index contributed by atoms with van der Waals surface area (Å²) in [5.41, 5.74) is 5.82. The van der Waals surface area contributed by atoms with E-state index >= 15 is 0 Å². The number of methoxy groups -OCH3 is 1. The molecule has 1 aliphatic carbocycles. The summed E-state index contributed by atoms with van der Waals surface area (Å²) in [5, 5.41) is 14.5. The van der Waals surface area contributed by atoms with Gasteiger partial charge in [-0.3, -0.25) is 4.79 Å². The zero-order chi connectivity index (χ0) is 21.7. The third-order valence-electron chi connectivity index (χ3n) is 7.21. The van der Waals surface area contributed by atoms with Gasteiger partial charge in [-0.25, -0.2) is 0 Å². The molecular formula is C26H31NO3. The lowest BCUT2D eigenvalue weighted by Crippen LogP contribution is -2.51. The average Bonchev–Trinajstić information content (AvgIpc) is 2.96. The predicted octanol–water partition coefficient (Wildman–Crippen LogP) is 5.40. The Kier molecular flexibility index (Phi) is 5.01. The van der Waals surface area contributed by atoms with Crippen LogP contribution in [0.4, 0.5) is 0 Å². The minimum Gasteiger partial charge on any atom is -0.509 e. The molecule has 2 N–H and O–H groups in total. The molecule has 4 nitrogen and oxygen atoms in total. The molecule has 0 aromatic heterocycles. The van der Waals surface area contributed by atoms with Crippen LogP contribution in [0.25, 0.3) is 16.7 Å². The van der Waals surface area contributed by atoms with Crippen molar-refractivity contribution in [1.29, 1.82) is 0 Å². The maximum absolute atomic E-state index is 13.1. The molecule has 2 aliphatic rings. The van der Waals surface area contributed by atoms with E-state index in [1.54, 1.807) is 7.11 Å². The second-order valence-electron chi connectivity index (χ2n) is 9.21. The van der Waals surface area contributed by atoms with Gasteiger partial charge in [0.05, 0.1) is 16.7 Å². The number of rotatable bonds is 3. The van der Waals surface area contributed by atoms with Crippen molar-refractivity contribution in [2.45, 2.75) is 64.5 Å². The van der Waals surface area contributed by atoms with Gasteiger partial charge in [0.1, 0.15) is 5.76 Å². The number of ether oxygens (including phenoxy) is 1. The lowest BCUT2D eigenvalue weighted by Gasteiger charge is -2.42. The lowest BCUT2D eigenvalue weighted by molar-refractivity contribution is -0.117. The fraction of sp³-hybridized carbons (Fsp3) is 0.423. The van der Waals surface area contributed by atoms with Crippen LogP contribution in [0.15, 0.2) is 42.2 Å². The summed E-state index contributed by atoms with van der Waals surface area (Å²) in [6.45, 7) is 8.21. The van der Waals surface area contributed by atoms with Crippen LogP contribution in [-0.2, 0) is 9.53 Å². The van der Waals surface area contributed by atoms with Crippen molar-refractivity contribution in [2.24, 2.45) is 0 Å². The average molecular weight is 406 g/mol. The van der Waals surface area contributed by atoms with E-state index in [4.69, 9.17) is 4.74 Å². The summed E-state index contributed by atoms with van der Waals surface area (Å²) in [4.78, 5) is 13.1. The summed E-state index contributed by atoms with van der Waals surface area (Å²) in [7, 11) is 1.73. The Balaban J connectivity index is 1.80. The molecule has 30 heavy (non-hydrogen) atoms.